The highest BCUT2D eigenvalue weighted by Gasteiger charge is 2.09. The van der Waals surface area contributed by atoms with Crippen molar-refractivity contribution in [2.45, 2.75) is 33.6 Å². The van der Waals surface area contributed by atoms with Crippen LogP contribution in [0.15, 0.2) is 40.9 Å². The maximum atomic E-state index is 12.2. The molecule has 21 heavy (non-hydrogen) atoms. The first-order chi connectivity index (χ1) is 9.97. The largest absolute Gasteiger partial charge is 0.325 e. The molecule has 110 valence electrons. The second-order valence-electron chi connectivity index (χ2n) is 5.41. The number of nitrogens with one attached hydrogen (secondary N) is 1. The van der Waals surface area contributed by atoms with E-state index >= 15 is 0 Å². The summed E-state index contributed by atoms with van der Waals surface area (Å²) in [4.78, 5) is 12.2. The zero-order valence-electron chi connectivity index (χ0n) is 12.7. The van der Waals surface area contributed by atoms with Gasteiger partial charge in [0, 0.05) is 10.9 Å². The van der Waals surface area contributed by atoms with E-state index in [0.717, 1.165) is 22.1 Å². The topological polar surface area (TPSA) is 29.1 Å². The molecule has 0 aliphatic rings. The fourth-order valence-electron chi connectivity index (χ4n) is 2.41. The minimum absolute atomic E-state index is 0.0471. The van der Waals surface area contributed by atoms with E-state index in [1.54, 1.807) is 0 Å². The number of hydrogen-bond donors (Lipinski definition) is 1. The molecule has 0 bridgehead atoms. The summed E-state index contributed by atoms with van der Waals surface area (Å²) in [6.07, 6.45) is 1.26. The minimum atomic E-state index is 0.0471. The molecule has 2 rings (SSSR count). The zero-order valence-corrected chi connectivity index (χ0v) is 14.3. The van der Waals surface area contributed by atoms with Crippen LogP contribution in [0.25, 0.3) is 0 Å². The number of anilines is 1. The van der Waals surface area contributed by atoms with Gasteiger partial charge in [-0.25, -0.2) is 0 Å². The number of carbonyl (C=O) groups excluding carboxylic acids is 1. The Labute approximate surface area is 134 Å². The highest BCUT2D eigenvalue weighted by Crippen LogP contribution is 2.28. The van der Waals surface area contributed by atoms with E-state index in [1.807, 2.05) is 32.0 Å². The quantitative estimate of drug-likeness (QED) is 0.834. The summed E-state index contributed by atoms with van der Waals surface area (Å²) in [7, 11) is 0. The molecule has 0 unspecified atom stereocenters. The molecule has 3 heteroatoms. The van der Waals surface area contributed by atoms with Crippen molar-refractivity contribution in [3.63, 3.8) is 0 Å². The van der Waals surface area contributed by atoms with Gasteiger partial charge in [-0.15, -0.1) is 0 Å². The van der Waals surface area contributed by atoms with Gasteiger partial charge >= 0.3 is 0 Å². The molecule has 0 saturated carbocycles. The van der Waals surface area contributed by atoms with E-state index in [-0.39, 0.29) is 5.91 Å². The zero-order chi connectivity index (χ0) is 15.4. The second kappa shape index (κ2) is 6.90. The van der Waals surface area contributed by atoms with Crippen LogP contribution >= 0.6 is 15.9 Å². The lowest BCUT2D eigenvalue weighted by atomic mass is 10.0. The molecule has 1 N–H and O–H groups in total. The Morgan fingerprint density at radius 3 is 2.48 bits per heavy atom. The van der Waals surface area contributed by atoms with Crippen molar-refractivity contribution in [2.24, 2.45) is 0 Å². The van der Waals surface area contributed by atoms with Gasteiger partial charge in [-0.3, -0.25) is 4.79 Å². The summed E-state index contributed by atoms with van der Waals surface area (Å²) in [5, 5.41) is 3.01. The molecule has 0 aromatic heterocycles. The van der Waals surface area contributed by atoms with Gasteiger partial charge in [-0.05, 0) is 71.4 Å². The van der Waals surface area contributed by atoms with E-state index in [2.05, 4.69) is 46.4 Å². The van der Waals surface area contributed by atoms with Crippen LogP contribution < -0.4 is 5.32 Å². The van der Waals surface area contributed by atoms with E-state index in [4.69, 9.17) is 0 Å². The molecular formula is C18H20BrNO. The number of rotatable bonds is 4. The van der Waals surface area contributed by atoms with Gasteiger partial charge < -0.3 is 5.32 Å². The van der Waals surface area contributed by atoms with Crippen LogP contribution in [0.1, 0.15) is 28.7 Å². The van der Waals surface area contributed by atoms with Crippen LogP contribution in [0.5, 0.6) is 0 Å². The molecule has 2 aromatic carbocycles. The van der Waals surface area contributed by atoms with Crippen molar-refractivity contribution in [1.29, 1.82) is 0 Å². The van der Waals surface area contributed by atoms with E-state index in [1.165, 1.54) is 16.7 Å². The van der Waals surface area contributed by atoms with Gasteiger partial charge in [0.2, 0.25) is 5.91 Å². The van der Waals surface area contributed by atoms with Crippen molar-refractivity contribution >= 4 is 27.5 Å². The van der Waals surface area contributed by atoms with Crippen LogP contribution in [-0.2, 0) is 11.2 Å². The van der Waals surface area contributed by atoms with E-state index in [0.29, 0.717) is 6.42 Å². The molecule has 2 nitrogen and oxygen atoms in total. The number of benzene rings is 2. The Balaban J connectivity index is 2.01. The summed E-state index contributed by atoms with van der Waals surface area (Å²) < 4.78 is 0.934. The smallest absolute Gasteiger partial charge is 0.224 e. The number of hydrogen-bond acceptors (Lipinski definition) is 1. The molecule has 0 aliphatic heterocycles. The average Bonchev–Trinajstić information content (AvgIpc) is 2.42. The van der Waals surface area contributed by atoms with Crippen LogP contribution in [0.4, 0.5) is 5.69 Å². The molecule has 0 fully saturated rings. The van der Waals surface area contributed by atoms with Gasteiger partial charge in [0.15, 0.2) is 0 Å². The fourth-order valence-corrected chi connectivity index (χ4v) is 3.19. The third-order valence-corrected chi connectivity index (χ3v) is 4.20. The van der Waals surface area contributed by atoms with Crippen LogP contribution in [-0.4, -0.2) is 5.91 Å². The predicted octanol–water partition coefficient (Wildman–Crippen LogP) is 4.95. The maximum Gasteiger partial charge on any atom is 0.224 e. The summed E-state index contributed by atoms with van der Waals surface area (Å²) >= 11 is 3.52. The summed E-state index contributed by atoms with van der Waals surface area (Å²) in [6, 6.07) is 12.3. The molecule has 0 saturated heterocycles. The minimum Gasteiger partial charge on any atom is -0.325 e. The number of carbonyl (C=O) groups is 1. The van der Waals surface area contributed by atoms with Gasteiger partial charge in [0.05, 0.1) is 5.69 Å². The van der Waals surface area contributed by atoms with E-state index < -0.39 is 0 Å². The first-order valence-electron chi connectivity index (χ1n) is 7.08. The summed E-state index contributed by atoms with van der Waals surface area (Å²) in [5.41, 5.74) is 5.59. The molecule has 0 heterocycles. The first kappa shape index (κ1) is 15.8. The lowest BCUT2D eigenvalue weighted by Gasteiger charge is -2.12. The molecule has 0 spiro atoms. The fraction of sp³-hybridized carbons (Fsp3) is 0.278. The molecule has 1 amide bonds. The van der Waals surface area contributed by atoms with Crippen molar-refractivity contribution in [3.8, 4) is 0 Å². The number of amides is 1. The van der Waals surface area contributed by atoms with E-state index in [9.17, 15) is 4.79 Å². The highest BCUT2D eigenvalue weighted by molar-refractivity contribution is 9.10. The molecule has 0 aliphatic carbocycles. The van der Waals surface area contributed by atoms with Crippen LogP contribution in [0.3, 0.4) is 0 Å². The Morgan fingerprint density at radius 2 is 1.81 bits per heavy atom. The van der Waals surface area contributed by atoms with Gasteiger partial charge in [0.1, 0.15) is 0 Å². The van der Waals surface area contributed by atoms with Gasteiger partial charge in [-0.1, -0.05) is 30.3 Å². The Hall–Kier alpha value is -1.61. The third kappa shape index (κ3) is 4.18. The Bertz CT molecular complexity index is 641. The molecular weight excluding hydrogens is 326 g/mol. The lowest BCUT2D eigenvalue weighted by Crippen LogP contribution is -2.14. The third-order valence-electron chi connectivity index (χ3n) is 3.58. The lowest BCUT2D eigenvalue weighted by molar-refractivity contribution is -0.116. The summed E-state index contributed by atoms with van der Waals surface area (Å²) in [6.45, 7) is 6.13. The van der Waals surface area contributed by atoms with Crippen molar-refractivity contribution < 1.29 is 4.79 Å². The molecule has 0 radical (unpaired) electrons. The highest BCUT2D eigenvalue weighted by atomic mass is 79.9. The van der Waals surface area contributed by atoms with Crippen LogP contribution in [0.2, 0.25) is 0 Å². The van der Waals surface area contributed by atoms with Crippen molar-refractivity contribution in [1.82, 2.24) is 0 Å². The average molecular weight is 346 g/mol. The number of aryl methyl sites for hydroxylation is 4. The second-order valence-corrected chi connectivity index (χ2v) is 6.27. The normalized spacial score (nSPS) is 10.5. The van der Waals surface area contributed by atoms with Crippen LogP contribution in [0, 0.1) is 20.8 Å². The maximum absolute atomic E-state index is 12.2. The van der Waals surface area contributed by atoms with Crippen molar-refractivity contribution in [3.05, 3.63) is 63.1 Å². The molecule has 0 atom stereocenters. The Morgan fingerprint density at radius 1 is 1.10 bits per heavy atom. The number of halogens is 1. The van der Waals surface area contributed by atoms with Crippen molar-refractivity contribution in [2.75, 3.05) is 5.32 Å². The molecule has 2 aromatic rings. The van der Waals surface area contributed by atoms with Gasteiger partial charge in [-0.2, -0.15) is 0 Å². The monoisotopic (exact) mass is 345 g/mol. The standard InChI is InChI=1S/C18H20BrNO/c1-12-10-14(3)18(16(19)11-12)20-17(21)9-8-15-7-5-4-6-13(15)2/h4-7,10-11H,8-9H2,1-3H3,(H,20,21). The Kier molecular flexibility index (Phi) is 5.18. The van der Waals surface area contributed by atoms with Gasteiger partial charge in [0.25, 0.3) is 0 Å². The SMILES string of the molecule is Cc1cc(C)c(NC(=O)CCc2ccccc2C)c(Br)c1. The first-order valence-corrected chi connectivity index (χ1v) is 7.88. The predicted molar refractivity (Wildman–Crippen MR) is 91.7 cm³/mol. The summed E-state index contributed by atoms with van der Waals surface area (Å²) in [5.74, 6) is 0.0471.